The predicted octanol–water partition coefficient (Wildman–Crippen LogP) is 7.71. The third kappa shape index (κ3) is 5.78. The Bertz CT molecular complexity index is 1360. The van der Waals surface area contributed by atoms with Crippen LogP contribution in [0.25, 0.3) is 22.4 Å². The van der Waals surface area contributed by atoms with Gasteiger partial charge in [-0.25, -0.2) is 4.98 Å². The van der Waals surface area contributed by atoms with Gasteiger partial charge in [-0.15, -0.1) is 11.8 Å². The quantitative estimate of drug-likeness (QED) is 0.262. The Labute approximate surface area is 212 Å². The maximum Gasteiger partial charge on any atom is 0.225 e. The Morgan fingerprint density at radius 2 is 1.62 bits per heavy atom. The summed E-state index contributed by atoms with van der Waals surface area (Å²) in [6.45, 7) is 0. The summed E-state index contributed by atoms with van der Waals surface area (Å²) >= 11 is 13.5. The van der Waals surface area contributed by atoms with Gasteiger partial charge >= 0.3 is 0 Å². The van der Waals surface area contributed by atoms with E-state index in [0.29, 0.717) is 32.1 Å². The zero-order chi connectivity index (χ0) is 23.9. The molecule has 0 aliphatic heterocycles. The van der Waals surface area contributed by atoms with Gasteiger partial charge in [0.2, 0.25) is 5.91 Å². The normalized spacial score (nSPS) is 10.5. The number of benzene rings is 3. The molecule has 1 N–H and O–H groups in total. The first-order valence-electron chi connectivity index (χ1n) is 10.5. The molecule has 1 heterocycles. The van der Waals surface area contributed by atoms with Crippen molar-refractivity contribution in [3.63, 3.8) is 0 Å². The number of hydrogen-bond acceptors (Lipinski definition) is 4. The van der Waals surface area contributed by atoms with Gasteiger partial charge in [-0.3, -0.25) is 4.79 Å². The zero-order valence-electron chi connectivity index (χ0n) is 18.0. The van der Waals surface area contributed by atoms with Gasteiger partial charge in [-0.2, -0.15) is 5.26 Å². The number of nitrogens with one attached hydrogen (secondary N) is 1. The highest BCUT2D eigenvalue weighted by Crippen LogP contribution is 2.34. The summed E-state index contributed by atoms with van der Waals surface area (Å²) in [6, 6.07) is 28.8. The maximum atomic E-state index is 12.5. The number of carbonyl (C=O) groups is 1. The third-order valence-corrected chi connectivity index (χ3v) is 6.56. The average Bonchev–Trinajstić information content (AvgIpc) is 2.87. The number of hydrogen-bond donors (Lipinski definition) is 1. The molecule has 0 unspecified atom stereocenters. The van der Waals surface area contributed by atoms with Crippen molar-refractivity contribution >= 4 is 46.6 Å². The van der Waals surface area contributed by atoms with Crippen molar-refractivity contribution in [1.82, 2.24) is 4.98 Å². The molecule has 168 valence electrons. The largest absolute Gasteiger partial charge is 0.325 e. The minimum atomic E-state index is -0.197. The van der Waals surface area contributed by atoms with Gasteiger partial charge in [0.15, 0.2) is 0 Å². The number of rotatable bonds is 7. The van der Waals surface area contributed by atoms with Gasteiger partial charge in [-0.1, -0.05) is 83.9 Å². The van der Waals surface area contributed by atoms with Crippen LogP contribution in [0.3, 0.4) is 0 Å². The van der Waals surface area contributed by atoms with Crippen molar-refractivity contribution in [3.8, 4) is 28.5 Å². The van der Waals surface area contributed by atoms with Crippen LogP contribution in [0, 0.1) is 11.3 Å². The lowest BCUT2D eigenvalue weighted by Gasteiger charge is -2.13. The molecule has 0 aliphatic rings. The van der Waals surface area contributed by atoms with Crippen molar-refractivity contribution in [3.05, 3.63) is 101 Å². The van der Waals surface area contributed by atoms with Gasteiger partial charge in [0.25, 0.3) is 0 Å². The molecule has 0 spiro atoms. The zero-order valence-corrected chi connectivity index (χ0v) is 20.3. The number of carbonyl (C=O) groups excluding carboxylic acids is 1. The topological polar surface area (TPSA) is 65.8 Å². The molecule has 3 aromatic carbocycles. The smallest absolute Gasteiger partial charge is 0.225 e. The van der Waals surface area contributed by atoms with E-state index in [4.69, 9.17) is 28.2 Å². The molecule has 0 radical (unpaired) electrons. The fourth-order valence-corrected chi connectivity index (χ4v) is 4.66. The number of nitrogens with zero attached hydrogens (tertiary/aromatic N) is 2. The Balaban J connectivity index is 1.58. The fraction of sp³-hybridized carbons (Fsp3) is 0.0741. The summed E-state index contributed by atoms with van der Waals surface area (Å²) in [6.07, 6.45) is 0.219. The molecule has 0 aliphatic carbocycles. The number of nitriles is 1. The van der Waals surface area contributed by atoms with Gasteiger partial charge in [-0.05, 0) is 29.8 Å². The number of amides is 1. The van der Waals surface area contributed by atoms with Gasteiger partial charge in [0.1, 0.15) is 11.1 Å². The average molecular weight is 504 g/mol. The lowest BCUT2D eigenvalue weighted by atomic mass is 9.99. The second kappa shape index (κ2) is 11.2. The number of halogens is 2. The van der Waals surface area contributed by atoms with Crippen LogP contribution in [0.4, 0.5) is 5.69 Å². The standard InChI is InChI=1S/C27H19Cl2N3OS/c28-20-11-12-23(29)25(15-20)31-26(33)13-14-34-27-22(17-30)21(18-7-3-1-4-8-18)16-24(32-27)19-9-5-2-6-10-19/h1-12,15-16H,13-14H2,(H,31,33). The minimum absolute atomic E-state index is 0.197. The molecule has 1 amide bonds. The minimum Gasteiger partial charge on any atom is -0.325 e. The lowest BCUT2D eigenvalue weighted by molar-refractivity contribution is -0.115. The summed E-state index contributed by atoms with van der Waals surface area (Å²) < 4.78 is 0. The number of aromatic nitrogens is 1. The maximum absolute atomic E-state index is 12.5. The fourth-order valence-electron chi connectivity index (χ4n) is 3.38. The van der Waals surface area contributed by atoms with E-state index in [9.17, 15) is 10.1 Å². The molecule has 4 nitrogen and oxygen atoms in total. The van der Waals surface area contributed by atoms with Gasteiger partial charge in [0.05, 0.1) is 22.0 Å². The second-order valence-electron chi connectivity index (χ2n) is 7.35. The molecule has 0 bridgehead atoms. The SMILES string of the molecule is N#Cc1c(-c2ccccc2)cc(-c2ccccc2)nc1SCCC(=O)Nc1cc(Cl)ccc1Cl. The van der Waals surface area contributed by atoms with E-state index in [1.807, 2.05) is 66.7 Å². The molecule has 0 atom stereocenters. The van der Waals surface area contributed by atoms with Crippen LogP contribution in [0.2, 0.25) is 10.0 Å². The van der Waals surface area contributed by atoms with Crippen molar-refractivity contribution < 1.29 is 4.79 Å². The molecule has 7 heteroatoms. The Morgan fingerprint density at radius 3 is 2.29 bits per heavy atom. The summed E-state index contributed by atoms with van der Waals surface area (Å²) in [7, 11) is 0. The highest BCUT2D eigenvalue weighted by Gasteiger charge is 2.16. The first kappa shape index (κ1) is 23.8. The highest BCUT2D eigenvalue weighted by atomic mass is 35.5. The summed E-state index contributed by atoms with van der Waals surface area (Å²) in [5, 5.41) is 14.3. The molecule has 1 aromatic heterocycles. The van der Waals surface area contributed by atoms with Crippen LogP contribution >= 0.6 is 35.0 Å². The monoisotopic (exact) mass is 503 g/mol. The number of anilines is 1. The Morgan fingerprint density at radius 1 is 0.941 bits per heavy atom. The number of pyridine rings is 1. The van der Waals surface area contributed by atoms with Crippen LogP contribution in [0.1, 0.15) is 12.0 Å². The molecule has 4 rings (SSSR count). The van der Waals surface area contributed by atoms with Gasteiger partial charge < -0.3 is 5.32 Å². The van der Waals surface area contributed by atoms with E-state index in [1.165, 1.54) is 11.8 Å². The van der Waals surface area contributed by atoms with E-state index in [-0.39, 0.29) is 12.3 Å². The summed E-state index contributed by atoms with van der Waals surface area (Å²) in [4.78, 5) is 17.3. The van der Waals surface area contributed by atoms with Gasteiger partial charge in [0, 0.05) is 28.3 Å². The van der Waals surface area contributed by atoms with Crippen LogP contribution < -0.4 is 5.32 Å². The molecule has 0 fully saturated rings. The van der Waals surface area contributed by atoms with Crippen LogP contribution in [0.5, 0.6) is 0 Å². The molecule has 4 aromatic rings. The van der Waals surface area contributed by atoms with Crippen LogP contribution in [-0.4, -0.2) is 16.6 Å². The Hall–Kier alpha value is -3.30. The van der Waals surface area contributed by atoms with Crippen molar-refractivity contribution in [1.29, 1.82) is 5.26 Å². The van der Waals surface area contributed by atoms with E-state index in [2.05, 4.69) is 11.4 Å². The second-order valence-corrected chi connectivity index (χ2v) is 9.28. The van der Waals surface area contributed by atoms with Crippen molar-refractivity contribution in [2.75, 3.05) is 11.1 Å². The lowest BCUT2D eigenvalue weighted by Crippen LogP contribution is -2.12. The molecule has 0 saturated heterocycles. The predicted molar refractivity (Wildman–Crippen MR) is 140 cm³/mol. The van der Waals surface area contributed by atoms with Crippen molar-refractivity contribution in [2.45, 2.75) is 11.4 Å². The van der Waals surface area contributed by atoms with Crippen LogP contribution in [0.15, 0.2) is 90.0 Å². The molecular formula is C27H19Cl2N3OS. The Kier molecular flexibility index (Phi) is 7.87. The summed E-state index contributed by atoms with van der Waals surface area (Å²) in [5.41, 5.74) is 4.45. The highest BCUT2D eigenvalue weighted by molar-refractivity contribution is 7.99. The third-order valence-electron chi connectivity index (χ3n) is 5.02. The molecular weight excluding hydrogens is 485 g/mol. The first-order valence-corrected chi connectivity index (χ1v) is 12.2. The van der Waals surface area contributed by atoms with Crippen molar-refractivity contribution in [2.24, 2.45) is 0 Å². The van der Waals surface area contributed by atoms with E-state index < -0.39 is 0 Å². The van der Waals surface area contributed by atoms with Crippen LogP contribution in [-0.2, 0) is 4.79 Å². The summed E-state index contributed by atoms with van der Waals surface area (Å²) in [5.74, 6) is 0.246. The molecule has 0 saturated carbocycles. The number of thioether (sulfide) groups is 1. The van der Waals surface area contributed by atoms with E-state index in [1.54, 1.807) is 18.2 Å². The van der Waals surface area contributed by atoms with E-state index >= 15 is 0 Å². The first-order chi connectivity index (χ1) is 16.5. The molecule has 34 heavy (non-hydrogen) atoms. The van der Waals surface area contributed by atoms with E-state index in [0.717, 1.165) is 22.4 Å².